The van der Waals surface area contributed by atoms with E-state index in [9.17, 15) is 13.2 Å². The van der Waals surface area contributed by atoms with Crippen LogP contribution in [0.25, 0.3) is 0 Å². The van der Waals surface area contributed by atoms with E-state index in [1.807, 2.05) is 6.92 Å². The van der Waals surface area contributed by atoms with Crippen LogP contribution in [0.15, 0.2) is 47.5 Å². The third kappa shape index (κ3) is 3.94. The quantitative estimate of drug-likeness (QED) is 0.878. The lowest BCUT2D eigenvalue weighted by Crippen LogP contribution is -2.25. The summed E-state index contributed by atoms with van der Waals surface area (Å²) in [4.78, 5) is 16.4. The van der Waals surface area contributed by atoms with Crippen molar-refractivity contribution in [3.05, 3.63) is 53.9 Å². The van der Waals surface area contributed by atoms with E-state index in [1.54, 1.807) is 24.3 Å². The van der Waals surface area contributed by atoms with Crippen LogP contribution in [0.3, 0.4) is 0 Å². The Hall–Kier alpha value is -2.25. The largest absolute Gasteiger partial charge is 0.322 e. The SMILES string of the molecule is Cc1ccc(C(=O)Nc2cccc(S(=O)(=O)NC3CC3)c2)cn1. The molecule has 1 saturated carbocycles. The summed E-state index contributed by atoms with van der Waals surface area (Å²) in [5.74, 6) is -0.331. The molecule has 1 aliphatic carbocycles. The van der Waals surface area contributed by atoms with E-state index in [4.69, 9.17) is 0 Å². The number of rotatable bonds is 5. The van der Waals surface area contributed by atoms with Crippen LogP contribution >= 0.6 is 0 Å². The third-order valence-corrected chi connectivity index (χ3v) is 4.99. The predicted molar refractivity (Wildman–Crippen MR) is 86.7 cm³/mol. The number of carbonyl (C=O) groups excluding carboxylic acids is 1. The first-order valence-corrected chi connectivity index (χ1v) is 8.79. The Morgan fingerprint density at radius 3 is 2.65 bits per heavy atom. The lowest BCUT2D eigenvalue weighted by Gasteiger charge is -2.09. The zero-order valence-corrected chi connectivity index (χ0v) is 13.4. The van der Waals surface area contributed by atoms with Gasteiger partial charge in [-0.25, -0.2) is 13.1 Å². The van der Waals surface area contributed by atoms with E-state index in [-0.39, 0.29) is 16.8 Å². The molecule has 0 radical (unpaired) electrons. The topological polar surface area (TPSA) is 88.2 Å². The molecular weight excluding hydrogens is 314 g/mol. The second-order valence-electron chi connectivity index (χ2n) is 5.57. The van der Waals surface area contributed by atoms with E-state index in [0.29, 0.717) is 11.3 Å². The molecule has 1 heterocycles. The molecule has 1 fully saturated rings. The molecule has 1 amide bonds. The Kier molecular flexibility index (Phi) is 4.14. The van der Waals surface area contributed by atoms with Gasteiger partial charge in [0.15, 0.2) is 0 Å². The van der Waals surface area contributed by atoms with Crippen LogP contribution in [-0.2, 0) is 10.0 Å². The molecule has 6 nitrogen and oxygen atoms in total. The van der Waals surface area contributed by atoms with Crippen LogP contribution < -0.4 is 10.0 Å². The molecule has 3 rings (SSSR count). The summed E-state index contributed by atoms with van der Waals surface area (Å²) >= 11 is 0. The van der Waals surface area contributed by atoms with E-state index < -0.39 is 10.0 Å². The number of sulfonamides is 1. The van der Waals surface area contributed by atoms with Gasteiger partial charge >= 0.3 is 0 Å². The van der Waals surface area contributed by atoms with Crippen LogP contribution in [-0.4, -0.2) is 25.4 Å². The molecule has 1 aliphatic rings. The number of nitrogens with zero attached hydrogens (tertiary/aromatic N) is 1. The summed E-state index contributed by atoms with van der Waals surface area (Å²) in [7, 11) is -3.54. The van der Waals surface area contributed by atoms with Gasteiger partial charge in [0.2, 0.25) is 10.0 Å². The number of hydrogen-bond acceptors (Lipinski definition) is 4. The van der Waals surface area contributed by atoms with Gasteiger partial charge in [0.1, 0.15) is 0 Å². The normalized spacial score (nSPS) is 14.5. The van der Waals surface area contributed by atoms with Gasteiger partial charge in [-0.05, 0) is 50.1 Å². The zero-order valence-electron chi connectivity index (χ0n) is 12.6. The molecule has 7 heteroatoms. The highest BCUT2D eigenvalue weighted by Gasteiger charge is 2.28. The number of aromatic nitrogens is 1. The second-order valence-corrected chi connectivity index (χ2v) is 7.28. The molecule has 23 heavy (non-hydrogen) atoms. The fraction of sp³-hybridized carbons (Fsp3) is 0.250. The molecule has 0 bridgehead atoms. The number of carbonyl (C=O) groups is 1. The summed E-state index contributed by atoms with van der Waals surface area (Å²) < 4.78 is 27.0. The summed E-state index contributed by atoms with van der Waals surface area (Å²) in [5.41, 5.74) is 1.66. The Morgan fingerprint density at radius 2 is 2.00 bits per heavy atom. The first kappa shape index (κ1) is 15.6. The van der Waals surface area contributed by atoms with E-state index in [2.05, 4.69) is 15.0 Å². The molecular formula is C16H17N3O3S. The van der Waals surface area contributed by atoms with Gasteiger partial charge in [-0.15, -0.1) is 0 Å². The minimum absolute atomic E-state index is 0.0388. The van der Waals surface area contributed by atoms with Crippen molar-refractivity contribution >= 4 is 21.6 Å². The van der Waals surface area contributed by atoms with Crippen molar-refractivity contribution < 1.29 is 13.2 Å². The number of amides is 1. The van der Waals surface area contributed by atoms with Gasteiger partial charge in [0.05, 0.1) is 10.5 Å². The number of hydrogen-bond donors (Lipinski definition) is 2. The highest BCUT2D eigenvalue weighted by molar-refractivity contribution is 7.89. The average Bonchev–Trinajstić information content (AvgIpc) is 3.31. The average molecular weight is 331 g/mol. The van der Waals surface area contributed by atoms with E-state index in [1.165, 1.54) is 18.3 Å². The monoisotopic (exact) mass is 331 g/mol. The van der Waals surface area contributed by atoms with Crippen LogP contribution in [0.1, 0.15) is 28.9 Å². The van der Waals surface area contributed by atoms with Gasteiger partial charge in [0.25, 0.3) is 5.91 Å². The van der Waals surface area contributed by atoms with Crippen molar-refractivity contribution in [1.82, 2.24) is 9.71 Å². The Bertz CT molecular complexity index is 828. The molecule has 1 aromatic heterocycles. The predicted octanol–water partition coefficient (Wildman–Crippen LogP) is 2.08. The van der Waals surface area contributed by atoms with Crippen molar-refractivity contribution in [2.75, 3.05) is 5.32 Å². The second kappa shape index (κ2) is 6.10. The van der Waals surface area contributed by atoms with Crippen molar-refractivity contribution in [2.45, 2.75) is 30.7 Å². The van der Waals surface area contributed by atoms with Gasteiger partial charge in [-0.2, -0.15) is 0 Å². The van der Waals surface area contributed by atoms with Crippen molar-refractivity contribution in [2.24, 2.45) is 0 Å². The fourth-order valence-corrected chi connectivity index (χ4v) is 3.39. The Balaban J connectivity index is 1.77. The number of nitrogens with one attached hydrogen (secondary N) is 2. The first-order valence-electron chi connectivity index (χ1n) is 7.30. The maximum Gasteiger partial charge on any atom is 0.257 e. The van der Waals surface area contributed by atoms with Gasteiger partial charge < -0.3 is 5.32 Å². The molecule has 0 saturated heterocycles. The van der Waals surface area contributed by atoms with Gasteiger partial charge in [-0.3, -0.25) is 9.78 Å². The maximum absolute atomic E-state index is 12.2. The smallest absolute Gasteiger partial charge is 0.257 e. The van der Waals surface area contributed by atoms with Crippen LogP contribution in [0.2, 0.25) is 0 Å². The minimum Gasteiger partial charge on any atom is -0.322 e. The summed E-state index contributed by atoms with van der Waals surface area (Å²) in [6.45, 7) is 1.84. The van der Waals surface area contributed by atoms with Gasteiger partial charge in [-0.1, -0.05) is 6.07 Å². The molecule has 2 aromatic rings. The summed E-state index contributed by atoms with van der Waals surface area (Å²) in [6, 6.07) is 9.66. The lowest BCUT2D eigenvalue weighted by molar-refractivity contribution is 0.102. The van der Waals surface area contributed by atoms with Crippen LogP contribution in [0.5, 0.6) is 0 Å². The van der Waals surface area contributed by atoms with Gasteiger partial charge in [0, 0.05) is 23.6 Å². The maximum atomic E-state index is 12.2. The van der Waals surface area contributed by atoms with Crippen LogP contribution in [0.4, 0.5) is 5.69 Å². The molecule has 0 atom stereocenters. The molecule has 1 aromatic carbocycles. The Labute approximate surface area is 135 Å². The standard InChI is InChI=1S/C16H17N3O3S/c1-11-5-6-12(10-17-11)16(20)18-14-3-2-4-15(9-14)23(21,22)19-13-7-8-13/h2-6,9-10,13,19H,7-8H2,1H3,(H,18,20). The fourth-order valence-electron chi connectivity index (χ4n) is 2.04. The van der Waals surface area contributed by atoms with Crippen molar-refractivity contribution in [1.29, 1.82) is 0 Å². The third-order valence-electron chi connectivity index (χ3n) is 3.47. The van der Waals surface area contributed by atoms with E-state index in [0.717, 1.165) is 18.5 Å². The molecule has 0 aliphatic heterocycles. The summed E-state index contributed by atoms with van der Waals surface area (Å²) in [5, 5.41) is 2.69. The molecule has 0 spiro atoms. The Morgan fingerprint density at radius 1 is 1.22 bits per heavy atom. The minimum atomic E-state index is -3.54. The summed E-state index contributed by atoms with van der Waals surface area (Å²) in [6.07, 6.45) is 3.23. The molecule has 0 unspecified atom stereocenters. The number of anilines is 1. The highest BCUT2D eigenvalue weighted by atomic mass is 32.2. The number of aryl methyl sites for hydroxylation is 1. The van der Waals surface area contributed by atoms with Crippen molar-refractivity contribution in [3.8, 4) is 0 Å². The highest BCUT2D eigenvalue weighted by Crippen LogP contribution is 2.23. The number of pyridine rings is 1. The first-order chi connectivity index (χ1) is 10.9. The van der Waals surface area contributed by atoms with Crippen LogP contribution in [0, 0.1) is 6.92 Å². The zero-order chi connectivity index (χ0) is 16.4. The van der Waals surface area contributed by atoms with Crippen molar-refractivity contribution in [3.63, 3.8) is 0 Å². The molecule has 2 N–H and O–H groups in total. The number of benzene rings is 1. The molecule has 120 valence electrons. The lowest BCUT2D eigenvalue weighted by atomic mass is 10.2. The van der Waals surface area contributed by atoms with E-state index >= 15 is 0 Å².